The van der Waals surface area contributed by atoms with E-state index in [1.807, 2.05) is 12.1 Å². The number of Topliss-reactive ketones (excluding diaryl/α,β-unsaturated/α-hetero) is 2. The van der Waals surface area contributed by atoms with Crippen molar-refractivity contribution >= 4 is 46.1 Å². The fourth-order valence-corrected chi connectivity index (χ4v) is 4.08. The molecule has 0 saturated heterocycles. The van der Waals surface area contributed by atoms with E-state index in [-0.39, 0.29) is 24.2 Å². The number of nitrogens with two attached hydrogens (primary N) is 2. The maximum Gasteiger partial charge on any atom is 0.298 e. The second kappa shape index (κ2) is 12.2. The van der Waals surface area contributed by atoms with Crippen molar-refractivity contribution in [3.05, 3.63) is 81.5 Å². The molecule has 0 atom stereocenters. The standard InChI is InChI=1S/C28H24N4O4S/c1-31(15-19-5-3-7-21(29)13-19)27(35)11-9-25(33)23-17-37-18-24(23)26(34)10-12-28(36)32(2)16-20-6-4-8-22(30)14-20/h3-8,13-14,17-18H,15-16,29-30H2,1-2H3. The lowest BCUT2D eigenvalue weighted by Crippen LogP contribution is -2.25. The SMILES string of the molecule is CN(Cc1cccc(N)c1)C(=O)C#CC(=O)c1cscc1C(=O)C#CC(=O)N(C)Cc1cccc(N)c1. The number of thiophene rings is 1. The van der Waals surface area contributed by atoms with Gasteiger partial charge in [0.15, 0.2) is 0 Å². The summed E-state index contributed by atoms with van der Waals surface area (Å²) < 4.78 is 0. The summed E-state index contributed by atoms with van der Waals surface area (Å²) >= 11 is 1.12. The van der Waals surface area contributed by atoms with Crippen LogP contribution in [0.3, 0.4) is 0 Å². The highest BCUT2D eigenvalue weighted by Crippen LogP contribution is 2.16. The molecule has 0 aliphatic heterocycles. The summed E-state index contributed by atoms with van der Waals surface area (Å²) in [7, 11) is 3.11. The highest BCUT2D eigenvalue weighted by atomic mass is 32.1. The van der Waals surface area contributed by atoms with Crippen molar-refractivity contribution in [1.29, 1.82) is 0 Å². The second-order valence-corrected chi connectivity index (χ2v) is 8.91. The zero-order valence-corrected chi connectivity index (χ0v) is 21.1. The minimum atomic E-state index is -0.692. The predicted octanol–water partition coefficient (Wildman–Crippen LogP) is 2.60. The molecule has 0 unspecified atom stereocenters. The van der Waals surface area contributed by atoms with Gasteiger partial charge in [0, 0.05) is 61.2 Å². The molecular formula is C28H24N4O4S. The van der Waals surface area contributed by atoms with Gasteiger partial charge < -0.3 is 21.3 Å². The van der Waals surface area contributed by atoms with Gasteiger partial charge in [-0.1, -0.05) is 24.3 Å². The minimum absolute atomic E-state index is 0.0312. The molecule has 4 N–H and O–H groups in total. The third-order valence-electron chi connectivity index (χ3n) is 5.15. The van der Waals surface area contributed by atoms with Crippen LogP contribution in [-0.4, -0.2) is 47.3 Å². The van der Waals surface area contributed by atoms with Gasteiger partial charge in [0.05, 0.1) is 11.1 Å². The van der Waals surface area contributed by atoms with Crippen LogP contribution in [0.1, 0.15) is 31.8 Å². The van der Waals surface area contributed by atoms with Gasteiger partial charge in [-0.2, -0.15) is 11.3 Å². The fraction of sp³-hybridized carbons (Fsp3) is 0.143. The Balaban J connectivity index is 1.64. The molecule has 0 saturated carbocycles. The monoisotopic (exact) mass is 512 g/mol. The maximum absolute atomic E-state index is 12.6. The number of nitrogen functional groups attached to an aromatic ring is 2. The first-order valence-electron chi connectivity index (χ1n) is 11.0. The molecule has 1 aromatic heterocycles. The third-order valence-corrected chi connectivity index (χ3v) is 5.90. The van der Waals surface area contributed by atoms with Crippen LogP contribution in [0, 0.1) is 23.7 Å². The normalized spacial score (nSPS) is 9.78. The number of ketones is 2. The van der Waals surface area contributed by atoms with Crippen molar-refractivity contribution in [2.75, 3.05) is 25.6 Å². The van der Waals surface area contributed by atoms with Crippen LogP contribution in [0.4, 0.5) is 11.4 Å². The number of nitrogens with zero attached hydrogens (tertiary/aromatic N) is 2. The van der Waals surface area contributed by atoms with Crippen LogP contribution in [0.25, 0.3) is 0 Å². The molecule has 0 fully saturated rings. The van der Waals surface area contributed by atoms with Crippen LogP contribution in [0.2, 0.25) is 0 Å². The first kappa shape index (κ1) is 26.7. The van der Waals surface area contributed by atoms with E-state index < -0.39 is 23.4 Å². The summed E-state index contributed by atoms with van der Waals surface area (Å²) in [5.74, 6) is 6.68. The first-order valence-corrected chi connectivity index (χ1v) is 12.0. The molecule has 8 nitrogen and oxygen atoms in total. The Bertz CT molecular complexity index is 1380. The van der Waals surface area contributed by atoms with Gasteiger partial charge >= 0.3 is 0 Å². The molecule has 0 aliphatic rings. The van der Waals surface area contributed by atoms with E-state index >= 15 is 0 Å². The minimum Gasteiger partial charge on any atom is -0.399 e. The number of carbonyl (C=O) groups is 4. The Labute approximate surface area is 218 Å². The molecule has 186 valence electrons. The summed E-state index contributed by atoms with van der Waals surface area (Å²) in [6, 6.07) is 14.2. The number of amides is 2. The van der Waals surface area contributed by atoms with E-state index in [0.717, 1.165) is 22.5 Å². The van der Waals surface area contributed by atoms with Crippen LogP contribution < -0.4 is 11.5 Å². The molecule has 0 aliphatic carbocycles. The number of benzene rings is 2. The van der Waals surface area contributed by atoms with E-state index in [0.29, 0.717) is 11.4 Å². The Hall–Kier alpha value is -4.86. The topological polar surface area (TPSA) is 127 Å². The average molecular weight is 513 g/mol. The van der Waals surface area contributed by atoms with Gasteiger partial charge in [0.25, 0.3) is 11.8 Å². The molecule has 2 amide bonds. The number of carbonyl (C=O) groups excluding carboxylic acids is 4. The van der Waals surface area contributed by atoms with Crippen molar-refractivity contribution in [2.24, 2.45) is 0 Å². The molecule has 0 radical (unpaired) electrons. The molecule has 3 rings (SSSR count). The van der Waals surface area contributed by atoms with Crippen LogP contribution in [0.5, 0.6) is 0 Å². The van der Waals surface area contributed by atoms with Crippen molar-refractivity contribution in [3.8, 4) is 23.7 Å². The van der Waals surface area contributed by atoms with Gasteiger partial charge in [-0.15, -0.1) is 0 Å². The zero-order chi connectivity index (χ0) is 26.9. The molecule has 2 aromatic carbocycles. The van der Waals surface area contributed by atoms with Gasteiger partial charge in [0.1, 0.15) is 0 Å². The Morgan fingerprint density at radius 1 is 0.703 bits per heavy atom. The smallest absolute Gasteiger partial charge is 0.298 e. The van der Waals surface area contributed by atoms with Crippen LogP contribution >= 0.6 is 11.3 Å². The Morgan fingerprint density at radius 2 is 1.11 bits per heavy atom. The molecule has 37 heavy (non-hydrogen) atoms. The molecule has 1 heterocycles. The van der Waals surface area contributed by atoms with Crippen LogP contribution in [0.15, 0.2) is 59.3 Å². The number of hydrogen-bond donors (Lipinski definition) is 2. The van der Waals surface area contributed by atoms with Crippen molar-refractivity contribution in [1.82, 2.24) is 9.80 Å². The van der Waals surface area contributed by atoms with Crippen molar-refractivity contribution in [3.63, 3.8) is 0 Å². The number of rotatable bonds is 6. The van der Waals surface area contributed by atoms with Gasteiger partial charge in [0.2, 0.25) is 11.6 Å². The highest BCUT2D eigenvalue weighted by Gasteiger charge is 2.17. The van der Waals surface area contributed by atoms with E-state index in [1.165, 1.54) is 20.6 Å². The van der Waals surface area contributed by atoms with Gasteiger partial charge in [-0.3, -0.25) is 19.2 Å². The maximum atomic E-state index is 12.6. The quantitative estimate of drug-likeness (QED) is 0.226. The second-order valence-electron chi connectivity index (χ2n) is 8.17. The summed E-state index contributed by atoms with van der Waals surface area (Å²) in [5, 5.41) is 2.92. The Morgan fingerprint density at radius 3 is 1.49 bits per heavy atom. The summed E-state index contributed by atoms with van der Waals surface area (Å²) in [6.45, 7) is 0.537. The molecular weight excluding hydrogens is 488 g/mol. The molecule has 9 heteroatoms. The third kappa shape index (κ3) is 7.56. The number of anilines is 2. The molecule has 0 spiro atoms. The average Bonchev–Trinajstić information content (AvgIpc) is 3.35. The van der Waals surface area contributed by atoms with Crippen molar-refractivity contribution < 1.29 is 19.2 Å². The largest absolute Gasteiger partial charge is 0.399 e. The lowest BCUT2D eigenvalue weighted by atomic mass is 10.1. The molecule has 0 bridgehead atoms. The van der Waals surface area contributed by atoms with Crippen LogP contribution in [-0.2, 0) is 22.7 Å². The number of hydrogen-bond acceptors (Lipinski definition) is 7. The van der Waals surface area contributed by atoms with E-state index in [9.17, 15) is 19.2 Å². The predicted molar refractivity (Wildman–Crippen MR) is 143 cm³/mol. The molecule has 3 aromatic rings. The lowest BCUT2D eigenvalue weighted by Gasteiger charge is -2.14. The summed E-state index contributed by atoms with van der Waals surface area (Å²) in [5.41, 5.74) is 14.4. The summed E-state index contributed by atoms with van der Waals surface area (Å²) in [6.07, 6.45) is 0. The fourth-order valence-electron chi connectivity index (χ4n) is 3.27. The van der Waals surface area contributed by atoms with E-state index in [2.05, 4.69) is 23.7 Å². The lowest BCUT2D eigenvalue weighted by molar-refractivity contribution is -0.125. The van der Waals surface area contributed by atoms with Gasteiger partial charge in [-0.25, -0.2) is 0 Å². The van der Waals surface area contributed by atoms with E-state index in [4.69, 9.17) is 11.5 Å². The zero-order valence-electron chi connectivity index (χ0n) is 20.3. The van der Waals surface area contributed by atoms with E-state index in [1.54, 1.807) is 50.5 Å². The van der Waals surface area contributed by atoms with Gasteiger partial charge in [-0.05, 0) is 47.2 Å². The van der Waals surface area contributed by atoms with Crippen molar-refractivity contribution in [2.45, 2.75) is 13.1 Å². The summed E-state index contributed by atoms with van der Waals surface area (Å²) in [4.78, 5) is 52.6. The Kier molecular flexibility index (Phi) is 8.82. The first-order chi connectivity index (χ1) is 17.6. The highest BCUT2D eigenvalue weighted by molar-refractivity contribution is 7.08.